The van der Waals surface area contributed by atoms with Crippen molar-refractivity contribution in [2.75, 3.05) is 30.8 Å². The zero-order valence-corrected chi connectivity index (χ0v) is 23.5. The number of aromatic amines is 1. The molecule has 1 atom stereocenters. The number of fused-ring (bicyclic) bond motifs is 3. The van der Waals surface area contributed by atoms with Crippen molar-refractivity contribution in [1.29, 1.82) is 0 Å². The maximum atomic E-state index is 11.9. The fourth-order valence-electron chi connectivity index (χ4n) is 5.14. The summed E-state index contributed by atoms with van der Waals surface area (Å²) in [6.07, 6.45) is 5.92. The summed E-state index contributed by atoms with van der Waals surface area (Å²) in [4.78, 5) is 7.65. The predicted octanol–water partition coefficient (Wildman–Crippen LogP) is 4.50. The third kappa shape index (κ3) is 5.24. The molecular formula is C28H25N7O5S2. The molecule has 3 aromatic carbocycles. The molecule has 0 unspecified atom stereocenters. The van der Waals surface area contributed by atoms with Crippen LogP contribution >= 0.6 is 0 Å². The van der Waals surface area contributed by atoms with Gasteiger partial charge in [-0.3, -0.25) is 23.9 Å². The summed E-state index contributed by atoms with van der Waals surface area (Å²) in [7, 11) is -7.19. The molecule has 14 heteroatoms. The van der Waals surface area contributed by atoms with Crippen LogP contribution in [0.25, 0.3) is 22.0 Å². The van der Waals surface area contributed by atoms with E-state index in [-0.39, 0.29) is 12.6 Å². The first-order chi connectivity index (χ1) is 20.2. The molecule has 2 aromatic heterocycles. The molecule has 5 aromatic rings. The Morgan fingerprint density at radius 1 is 0.762 bits per heavy atom. The Bertz CT molecular complexity index is 2060. The second-order valence-corrected chi connectivity index (χ2v) is 12.9. The van der Waals surface area contributed by atoms with Crippen molar-refractivity contribution in [3.63, 3.8) is 0 Å². The van der Waals surface area contributed by atoms with Crippen LogP contribution in [0.5, 0.6) is 5.75 Å². The van der Waals surface area contributed by atoms with E-state index in [9.17, 15) is 16.8 Å². The van der Waals surface area contributed by atoms with Crippen LogP contribution in [0.3, 0.4) is 0 Å². The van der Waals surface area contributed by atoms with Crippen LogP contribution in [0, 0.1) is 0 Å². The van der Waals surface area contributed by atoms with E-state index in [0.717, 1.165) is 33.3 Å². The Balaban J connectivity index is 1.13. The van der Waals surface area contributed by atoms with Gasteiger partial charge in [-0.25, -0.2) is 0 Å². The molecule has 214 valence electrons. The number of anilines is 5. The Kier molecular flexibility index (Phi) is 6.09. The van der Waals surface area contributed by atoms with Crippen LogP contribution in [0.2, 0.25) is 0 Å². The molecule has 4 heterocycles. The topological polar surface area (TPSA) is 166 Å². The molecule has 12 nitrogen and oxygen atoms in total. The van der Waals surface area contributed by atoms with Crippen molar-refractivity contribution in [3.05, 3.63) is 90.9 Å². The van der Waals surface area contributed by atoms with Crippen LogP contribution in [0.15, 0.2) is 85.3 Å². The lowest BCUT2D eigenvalue weighted by Crippen LogP contribution is -2.29. The second kappa shape index (κ2) is 9.85. The summed E-state index contributed by atoms with van der Waals surface area (Å²) in [6, 6.07) is 20.2. The third-order valence-electron chi connectivity index (χ3n) is 7.03. The number of hydrogen-bond donors (Lipinski definition) is 6. The van der Waals surface area contributed by atoms with Crippen LogP contribution < -0.4 is 28.9 Å². The SMILES string of the molecule is O=S1(=O)Nc2ccc(N[C@H](COc3cncc(-c4ccc5c(c4)NS(=O)(=O)N5)c3)Cc3c[nH]c4ccccc34)cc2N1. The number of para-hydroxylation sites is 1. The quantitative estimate of drug-likeness (QED) is 0.152. The number of aromatic nitrogens is 2. The van der Waals surface area contributed by atoms with Crippen LogP contribution in [-0.4, -0.2) is 39.5 Å². The van der Waals surface area contributed by atoms with E-state index in [1.807, 2.05) is 42.6 Å². The molecule has 0 amide bonds. The molecule has 42 heavy (non-hydrogen) atoms. The number of pyridine rings is 1. The summed E-state index contributed by atoms with van der Waals surface area (Å²) >= 11 is 0. The Morgan fingerprint density at radius 3 is 2.29 bits per heavy atom. The summed E-state index contributed by atoms with van der Waals surface area (Å²) in [5.41, 5.74) is 6.33. The van der Waals surface area contributed by atoms with Gasteiger partial charge in [-0.05, 0) is 60.0 Å². The molecular weight excluding hydrogens is 578 g/mol. The van der Waals surface area contributed by atoms with Gasteiger partial charge in [0.25, 0.3) is 0 Å². The fourth-order valence-corrected chi connectivity index (χ4v) is 7.09. The van der Waals surface area contributed by atoms with Gasteiger partial charge in [-0.1, -0.05) is 24.3 Å². The van der Waals surface area contributed by atoms with Crippen molar-refractivity contribution in [2.45, 2.75) is 12.5 Å². The van der Waals surface area contributed by atoms with Gasteiger partial charge >= 0.3 is 20.4 Å². The maximum absolute atomic E-state index is 11.9. The van der Waals surface area contributed by atoms with Crippen LogP contribution in [0.1, 0.15) is 5.56 Å². The van der Waals surface area contributed by atoms with E-state index in [0.29, 0.717) is 34.9 Å². The van der Waals surface area contributed by atoms with E-state index < -0.39 is 20.4 Å². The Labute approximate surface area is 241 Å². The maximum Gasteiger partial charge on any atom is 0.321 e. The third-order valence-corrected chi connectivity index (χ3v) is 8.98. The number of H-pyrrole nitrogens is 1. The lowest BCUT2D eigenvalue weighted by Gasteiger charge is -2.21. The van der Waals surface area contributed by atoms with E-state index in [2.05, 4.69) is 40.2 Å². The zero-order valence-electron chi connectivity index (χ0n) is 21.9. The highest BCUT2D eigenvalue weighted by Gasteiger charge is 2.24. The van der Waals surface area contributed by atoms with E-state index in [1.54, 1.807) is 36.7 Å². The summed E-state index contributed by atoms with van der Waals surface area (Å²) in [6.45, 7) is 0.277. The van der Waals surface area contributed by atoms with Crippen molar-refractivity contribution < 1.29 is 21.6 Å². The smallest absolute Gasteiger partial charge is 0.321 e. The minimum Gasteiger partial charge on any atom is -0.490 e. The first-order valence-corrected chi connectivity index (χ1v) is 16.0. The largest absolute Gasteiger partial charge is 0.490 e. The lowest BCUT2D eigenvalue weighted by molar-refractivity contribution is 0.295. The van der Waals surface area contributed by atoms with Gasteiger partial charge in [0.1, 0.15) is 12.4 Å². The van der Waals surface area contributed by atoms with Crippen molar-refractivity contribution in [1.82, 2.24) is 9.97 Å². The molecule has 0 saturated heterocycles. The summed E-state index contributed by atoms with van der Waals surface area (Å²) < 4.78 is 63.6. The highest BCUT2D eigenvalue weighted by atomic mass is 32.2. The minimum absolute atomic E-state index is 0.197. The first-order valence-electron chi connectivity index (χ1n) is 13.0. The molecule has 0 fully saturated rings. The molecule has 0 spiro atoms. The summed E-state index contributed by atoms with van der Waals surface area (Å²) in [5.74, 6) is 0.545. The summed E-state index contributed by atoms with van der Waals surface area (Å²) in [5, 5.41) is 4.61. The second-order valence-electron chi connectivity index (χ2n) is 10.1. The molecule has 7 rings (SSSR count). The highest BCUT2D eigenvalue weighted by Crippen LogP contribution is 2.35. The van der Waals surface area contributed by atoms with Gasteiger partial charge in [-0.2, -0.15) is 16.8 Å². The molecule has 2 aliphatic heterocycles. The Morgan fingerprint density at radius 2 is 1.48 bits per heavy atom. The van der Waals surface area contributed by atoms with Gasteiger partial charge < -0.3 is 15.0 Å². The van der Waals surface area contributed by atoms with Gasteiger partial charge in [0.05, 0.1) is 35.0 Å². The standard InChI is InChI=1S/C28H25N7O5S2/c36-41(37)32-25-7-5-17(11-27(25)34-41)18-10-22(15-29-13-18)40-16-21(9-19-14-30-24-4-2-1-3-23(19)24)31-20-6-8-26-28(12-20)35-42(38,39)33-26/h1-8,10-15,21,30-35H,9,16H2/t21-/m0/s1. The van der Waals surface area contributed by atoms with E-state index >= 15 is 0 Å². The van der Waals surface area contributed by atoms with Crippen LogP contribution in [-0.2, 0) is 26.8 Å². The van der Waals surface area contributed by atoms with Crippen molar-refractivity contribution in [3.8, 4) is 16.9 Å². The zero-order chi connectivity index (χ0) is 28.9. The number of rotatable bonds is 8. The normalized spacial score (nSPS) is 16.3. The highest BCUT2D eigenvalue weighted by molar-refractivity contribution is 7.94. The van der Waals surface area contributed by atoms with E-state index in [4.69, 9.17) is 4.74 Å². The van der Waals surface area contributed by atoms with Gasteiger partial charge in [0.2, 0.25) is 0 Å². The van der Waals surface area contributed by atoms with Gasteiger partial charge in [0.15, 0.2) is 0 Å². The molecule has 0 bridgehead atoms. The van der Waals surface area contributed by atoms with Gasteiger partial charge in [0, 0.05) is 34.5 Å². The average molecular weight is 604 g/mol. The number of benzene rings is 3. The molecule has 2 aliphatic rings. The van der Waals surface area contributed by atoms with Crippen molar-refractivity contribution >= 4 is 59.8 Å². The number of hydrogen-bond acceptors (Lipinski definition) is 7. The molecule has 0 aliphatic carbocycles. The monoisotopic (exact) mass is 603 g/mol. The number of nitrogens with zero attached hydrogens (tertiary/aromatic N) is 1. The molecule has 6 N–H and O–H groups in total. The molecule has 0 saturated carbocycles. The Hall–Kier alpha value is -4.95. The van der Waals surface area contributed by atoms with Crippen LogP contribution in [0.4, 0.5) is 28.4 Å². The minimum atomic E-state index is -3.60. The van der Waals surface area contributed by atoms with Gasteiger partial charge in [-0.15, -0.1) is 0 Å². The fraction of sp³-hybridized carbons (Fsp3) is 0.107. The number of ether oxygens (including phenoxy) is 1. The predicted molar refractivity (Wildman–Crippen MR) is 163 cm³/mol. The van der Waals surface area contributed by atoms with E-state index in [1.165, 1.54) is 0 Å². The number of nitrogens with one attached hydrogen (secondary N) is 6. The molecule has 0 radical (unpaired) electrons. The average Bonchev–Trinajstić information content (AvgIpc) is 3.61. The van der Waals surface area contributed by atoms with Crippen molar-refractivity contribution in [2.24, 2.45) is 0 Å². The first kappa shape index (κ1) is 26.0. The lowest BCUT2D eigenvalue weighted by atomic mass is 10.0.